The standard InChI is InChI=1S/C12H14O9/c1-17-5-3-7(20-11(15)9(5)13)19-8-4-6(18-2)10(14)12(16)21-8/h3-4,7-8,13-16H,1-2H3. The Morgan fingerprint density at radius 3 is 1.52 bits per heavy atom. The van der Waals surface area contributed by atoms with Crippen molar-refractivity contribution in [3.05, 3.63) is 47.1 Å². The Morgan fingerprint density at radius 1 is 0.810 bits per heavy atom. The molecule has 2 atom stereocenters. The van der Waals surface area contributed by atoms with E-state index in [-0.39, 0.29) is 11.5 Å². The molecule has 4 N–H and O–H groups in total. The van der Waals surface area contributed by atoms with Gasteiger partial charge in [0.25, 0.3) is 0 Å². The SMILES string of the molecule is COC1=CC(OC2C=C(OC)C(O)=C(O)O2)OC(O)=C1O. The Kier molecular flexibility index (Phi) is 4.03. The van der Waals surface area contributed by atoms with Crippen LogP contribution in [0.15, 0.2) is 47.1 Å². The van der Waals surface area contributed by atoms with Crippen LogP contribution in [-0.2, 0) is 23.7 Å². The smallest absolute Gasteiger partial charge is 0.327 e. The van der Waals surface area contributed by atoms with Crippen molar-refractivity contribution in [2.75, 3.05) is 14.2 Å². The van der Waals surface area contributed by atoms with Gasteiger partial charge in [-0.2, -0.15) is 0 Å². The molecule has 0 saturated carbocycles. The van der Waals surface area contributed by atoms with Gasteiger partial charge < -0.3 is 39.4 Å². The van der Waals surface area contributed by atoms with Gasteiger partial charge in [0.2, 0.25) is 24.1 Å². The molecule has 116 valence electrons. The normalized spacial score (nSPS) is 25.6. The van der Waals surface area contributed by atoms with E-state index in [0.717, 1.165) is 0 Å². The first-order valence-corrected chi connectivity index (χ1v) is 5.71. The van der Waals surface area contributed by atoms with Gasteiger partial charge in [0.05, 0.1) is 14.2 Å². The second-order valence-electron chi connectivity index (χ2n) is 3.89. The van der Waals surface area contributed by atoms with Crippen LogP contribution in [0.5, 0.6) is 0 Å². The molecule has 0 aromatic rings. The zero-order valence-electron chi connectivity index (χ0n) is 11.1. The summed E-state index contributed by atoms with van der Waals surface area (Å²) < 4.78 is 24.6. The van der Waals surface area contributed by atoms with Crippen LogP contribution >= 0.6 is 0 Å². The Balaban J connectivity index is 2.11. The minimum Gasteiger partial charge on any atom is -0.499 e. The third kappa shape index (κ3) is 2.92. The van der Waals surface area contributed by atoms with Crippen LogP contribution in [0.1, 0.15) is 0 Å². The Hall–Kier alpha value is -2.68. The number of aliphatic hydroxyl groups is 4. The van der Waals surface area contributed by atoms with Crippen molar-refractivity contribution in [1.29, 1.82) is 0 Å². The third-order valence-electron chi connectivity index (χ3n) is 2.61. The van der Waals surface area contributed by atoms with E-state index in [4.69, 9.17) is 23.7 Å². The fourth-order valence-electron chi connectivity index (χ4n) is 1.61. The lowest BCUT2D eigenvalue weighted by Gasteiger charge is -2.26. The number of methoxy groups -OCH3 is 2. The largest absolute Gasteiger partial charge is 0.499 e. The highest BCUT2D eigenvalue weighted by molar-refractivity contribution is 5.25. The van der Waals surface area contributed by atoms with Crippen LogP contribution in [0.4, 0.5) is 0 Å². The molecular weight excluding hydrogens is 288 g/mol. The summed E-state index contributed by atoms with van der Waals surface area (Å²) >= 11 is 0. The molecule has 2 unspecified atom stereocenters. The first-order chi connectivity index (χ1) is 9.96. The minimum absolute atomic E-state index is 0.0573. The van der Waals surface area contributed by atoms with E-state index in [0.29, 0.717) is 0 Å². The van der Waals surface area contributed by atoms with E-state index in [1.807, 2.05) is 0 Å². The minimum atomic E-state index is -1.16. The van der Waals surface area contributed by atoms with E-state index < -0.39 is 36.0 Å². The van der Waals surface area contributed by atoms with Crippen LogP contribution in [0.2, 0.25) is 0 Å². The number of hydrogen-bond acceptors (Lipinski definition) is 9. The predicted octanol–water partition coefficient (Wildman–Crippen LogP) is 1.35. The molecule has 0 aromatic heterocycles. The van der Waals surface area contributed by atoms with E-state index >= 15 is 0 Å². The molecule has 0 saturated heterocycles. The summed E-state index contributed by atoms with van der Waals surface area (Å²) in [5, 5.41) is 37.7. The van der Waals surface area contributed by atoms with Crippen molar-refractivity contribution in [3.63, 3.8) is 0 Å². The summed E-state index contributed by atoms with van der Waals surface area (Å²) in [6, 6.07) is 0. The van der Waals surface area contributed by atoms with Crippen LogP contribution in [-0.4, -0.2) is 47.2 Å². The molecule has 0 amide bonds. The van der Waals surface area contributed by atoms with Crippen LogP contribution in [0.3, 0.4) is 0 Å². The maximum atomic E-state index is 9.43. The second kappa shape index (κ2) is 5.75. The van der Waals surface area contributed by atoms with Gasteiger partial charge in [0.15, 0.2) is 11.5 Å². The van der Waals surface area contributed by atoms with Crippen molar-refractivity contribution >= 4 is 0 Å². The topological polar surface area (TPSA) is 127 Å². The van der Waals surface area contributed by atoms with Crippen molar-refractivity contribution in [2.24, 2.45) is 0 Å². The van der Waals surface area contributed by atoms with Gasteiger partial charge in [-0.25, -0.2) is 0 Å². The fourth-order valence-corrected chi connectivity index (χ4v) is 1.61. The second-order valence-corrected chi connectivity index (χ2v) is 3.89. The van der Waals surface area contributed by atoms with Crippen LogP contribution < -0.4 is 0 Å². The summed E-state index contributed by atoms with van der Waals surface area (Å²) in [6.45, 7) is 0. The molecule has 2 rings (SSSR count). The lowest BCUT2D eigenvalue weighted by Crippen LogP contribution is -2.29. The molecule has 21 heavy (non-hydrogen) atoms. The van der Waals surface area contributed by atoms with E-state index in [9.17, 15) is 20.4 Å². The fraction of sp³-hybridized carbons (Fsp3) is 0.333. The number of hydrogen-bond donors (Lipinski definition) is 4. The molecule has 0 fully saturated rings. The van der Waals surface area contributed by atoms with Crippen LogP contribution in [0, 0.1) is 0 Å². The maximum Gasteiger partial charge on any atom is 0.327 e. The molecule has 9 heteroatoms. The molecule has 0 aromatic carbocycles. The third-order valence-corrected chi connectivity index (χ3v) is 2.61. The summed E-state index contributed by atoms with van der Waals surface area (Å²) in [7, 11) is 2.56. The van der Waals surface area contributed by atoms with Gasteiger partial charge in [0, 0.05) is 12.2 Å². The van der Waals surface area contributed by atoms with Gasteiger partial charge in [-0.05, 0) is 0 Å². The Bertz CT molecular complexity index is 495. The molecule has 2 aliphatic rings. The highest BCUT2D eigenvalue weighted by Crippen LogP contribution is 2.26. The zero-order chi connectivity index (χ0) is 15.6. The average molecular weight is 302 g/mol. The molecule has 0 aliphatic carbocycles. The monoisotopic (exact) mass is 302 g/mol. The lowest BCUT2D eigenvalue weighted by molar-refractivity contribution is -0.213. The predicted molar refractivity (Wildman–Crippen MR) is 65.6 cm³/mol. The zero-order valence-corrected chi connectivity index (χ0v) is 11.1. The van der Waals surface area contributed by atoms with Gasteiger partial charge in [-0.3, -0.25) is 4.74 Å². The molecule has 0 bridgehead atoms. The number of rotatable bonds is 4. The van der Waals surface area contributed by atoms with Gasteiger partial charge in [-0.1, -0.05) is 0 Å². The van der Waals surface area contributed by atoms with Crippen molar-refractivity contribution in [3.8, 4) is 0 Å². The molecule has 0 radical (unpaired) electrons. The molecule has 2 aliphatic heterocycles. The van der Waals surface area contributed by atoms with Gasteiger partial charge in [-0.15, -0.1) is 0 Å². The molecule has 2 heterocycles. The van der Waals surface area contributed by atoms with Gasteiger partial charge >= 0.3 is 11.9 Å². The molecule has 0 spiro atoms. The van der Waals surface area contributed by atoms with Crippen molar-refractivity contribution in [1.82, 2.24) is 0 Å². The van der Waals surface area contributed by atoms with E-state index in [1.54, 1.807) is 0 Å². The van der Waals surface area contributed by atoms with Crippen molar-refractivity contribution < 1.29 is 44.1 Å². The molecular formula is C12H14O9. The number of aliphatic hydroxyl groups excluding tert-OH is 4. The average Bonchev–Trinajstić information content (AvgIpc) is 2.46. The summed E-state index contributed by atoms with van der Waals surface area (Å²) in [6.07, 6.45) is 0.133. The van der Waals surface area contributed by atoms with E-state index in [1.165, 1.54) is 26.4 Å². The van der Waals surface area contributed by atoms with E-state index in [2.05, 4.69) is 0 Å². The Labute approximate surface area is 119 Å². The number of ether oxygens (including phenoxy) is 5. The highest BCUT2D eigenvalue weighted by Gasteiger charge is 2.30. The summed E-state index contributed by atoms with van der Waals surface area (Å²) in [5.41, 5.74) is 0. The van der Waals surface area contributed by atoms with Gasteiger partial charge in [0.1, 0.15) is 0 Å². The first-order valence-electron chi connectivity index (χ1n) is 5.71. The summed E-state index contributed by atoms with van der Waals surface area (Å²) in [4.78, 5) is 0. The lowest BCUT2D eigenvalue weighted by atomic mass is 10.3. The maximum absolute atomic E-state index is 9.43. The van der Waals surface area contributed by atoms with Crippen LogP contribution in [0.25, 0.3) is 0 Å². The first kappa shape index (κ1) is 14.7. The highest BCUT2D eigenvalue weighted by atomic mass is 16.8. The molecule has 9 nitrogen and oxygen atoms in total. The summed E-state index contributed by atoms with van der Waals surface area (Å²) in [5.74, 6) is -2.83. The quantitative estimate of drug-likeness (QED) is 0.608. The Morgan fingerprint density at radius 2 is 1.19 bits per heavy atom. The van der Waals surface area contributed by atoms with Crippen molar-refractivity contribution in [2.45, 2.75) is 12.6 Å².